The fraction of sp³-hybridized carbons (Fsp3) is 0.923. The van der Waals surface area contributed by atoms with Crippen molar-refractivity contribution in [1.29, 1.82) is 0 Å². The number of carbonyl (C=O) groups is 1. The highest BCUT2D eigenvalue weighted by molar-refractivity contribution is 5.77. The summed E-state index contributed by atoms with van der Waals surface area (Å²) in [6, 6.07) is 0.654. The molecule has 0 aromatic carbocycles. The molecule has 1 atom stereocenters. The van der Waals surface area contributed by atoms with E-state index in [1.807, 2.05) is 4.90 Å². The Kier molecular flexibility index (Phi) is 4.22. The highest BCUT2D eigenvalue weighted by atomic mass is 16.2. The lowest BCUT2D eigenvalue weighted by molar-refractivity contribution is -0.127. The Bertz CT molecular complexity index is 238. The van der Waals surface area contributed by atoms with Crippen LogP contribution in [0.1, 0.15) is 45.4 Å². The Morgan fingerprint density at radius 3 is 2.94 bits per heavy atom. The van der Waals surface area contributed by atoms with Crippen LogP contribution in [0.4, 0.5) is 0 Å². The molecule has 1 aliphatic heterocycles. The minimum Gasteiger partial charge on any atom is -0.343 e. The predicted molar refractivity (Wildman–Crippen MR) is 65.2 cm³/mol. The second-order valence-corrected chi connectivity index (χ2v) is 5.37. The molecule has 3 nitrogen and oxygen atoms in total. The number of rotatable bonds is 7. The van der Waals surface area contributed by atoms with E-state index >= 15 is 0 Å². The van der Waals surface area contributed by atoms with Crippen molar-refractivity contribution in [2.24, 2.45) is 5.92 Å². The van der Waals surface area contributed by atoms with Crippen LogP contribution in [-0.2, 0) is 4.79 Å². The van der Waals surface area contributed by atoms with Gasteiger partial charge in [0.2, 0.25) is 5.91 Å². The van der Waals surface area contributed by atoms with E-state index in [4.69, 9.17) is 0 Å². The van der Waals surface area contributed by atoms with Crippen molar-refractivity contribution in [2.75, 3.05) is 19.6 Å². The zero-order chi connectivity index (χ0) is 11.4. The third kappa shape index (κ3) is 3.78. The summed E-state index contributed by atoms with van der Waals surface area (Å²) in [6.45, 7) is 5.26. The molecule has 1 heterocycles. The van der Waals surface area contributed by atoms with E-state index in [1.165, 1.54) is 19.3 Å². The summed E-state index contributed by atoms with van der Waals surface area (Å²) in [4.78, 5) is 13.4. The molecule has 1 saturated heterocycles. The molecule has 0 aromatic heterocycles. The van der Waals surface area contributed by atoms with Crippen molar-refractivity contribution in [1.82, 2.24) is 10.2 Å². The Morgan fingerprint density at radius 1 is 1.50 bits per heavy atom. The van der Waals surface area contributed by atoms with Crippen LogP contribution in [0, 0.1) is 5.92 Å². The molecular weight excluding hydrogens is 200 g/mol. The van der Waals surface area contributed by atoms with Crippen molar-refractivity contribution in [2.45, 2.75) is 51.5 Å². The smallest absolute Gasteiger partial charge is 0.222 e. The maximum absolute atomic E-state index is 11.4. The van der Waals surface area contributed by atoms with E-state index in [2.05, 4.69) is 12.2 Å². The molecule has 3 heteroatoms. The number of hydrogen-bond acceptors (Lipinski definition) is 2. The van der Waals surface area contributed by atoms with E-state index in [-0.39, 0.29) is 0 Å². The first-order valence-corrected chi connectivity index (χ1v) is 6.77. The van der Waals surface area contributed by atoms with E-state index < -0.39 is 0 Å². The average Bonchev–Trinajstić information content (AvgIpc) is 2.96. The summed E-state index contributed by atoms with van der Waals surface area (Å²) in [6.07, 6.45) is 7.14. The van der Waals surface area contributed by atoms with E-state index in [9.17, 15) is 4.79 Å². The monoisotopic (exact) mass is 224 g/mol. The average molecular weight is 224 g/mol. The Hall–Kier alpha value is -0.570. The topological polar surface area (TPSA) is 32.3 Å². The first kappa shape index (κ1) is 11.9. The predicted octanol–water partition coefficient (Wildman–Crippen LogP) is 1.78. The number of amides is 1. The zero-order valence-electron chi connectivity index (χ0n) is 10.4. The minimum absolute atomic E-state index is 0.353. The molecule has 0 bridgehead atoms. The first-order valence-electron chi connectivity index (χ1n) is 6.77. The molecule has 0 radical (unpaired) electrons. The van der Waals surface area contributed by atoms with E-state index in [0.29, 0.717) is 11.9 Å². The van der Waals surface area contributed by atoms with Gasteiger partial charge in [0.15, 0.2) is 0 Å². The zero-order valence-corrected chi connectivity index (χ0v) is 10.4. The number of nitrogens with one attached hydrogen (secondary N) is 1. The van der Waals surface area contributed by atoms with Gasteiger partial charge in [0, 0.05) is 25.6 Å². The standard InChI is InChI=1S/C13H24N2O/c1-11(10-12-5-6-12)14-7-3-9-15-8-2-4-13(15)16/h11-12,14H,2-10H2,1H3. The van der Waals surface area contributed by atoms with Gasteiger partial charge < -0.3 is 10.2 Å². The van der Waals surface area contributed by atoms with Gasteiger partial charge >= 0.3 is 0 Å². The third-order valence-electron chi connectivity index (χ3n) is 3.65. The van der Waals surface area contributed by atoms with Crippen molar-refractivity contribution >= 4 is 5.91 Å². The summed E-state index contributed by atoms with van der Waals surface area (Å²) < 4.78 is 0. The first-order chi connectivity index (χ1) is 7.75. The fourth-order valence-corrected chi connectivity index (χ4v) is 2.50. The SMILES string of the molecule is CC(CC1CC1)NCCCN1CCCC1=O. The van der Waals surface area contributed by atoms with Gasteiger partial charge in [-0.1, -0.05) is 12.8 Å². The van der Waals surface area contributed by atoms with Crippen molar-refractivity contribution in [3.63, 3.8) is 0 Å². The fourth-order valence-electron chi connectivity index (χ4n) is 2.50. The summed E-state index contributed by atoms with van der Waals surface area (Å²) in [5, 5.41) is 3.55. The van der Waals surface area contributed by atoms with Crippen molar-refractivity contribution < 1.29 is 4.79 Å². The number of nitrogens with zero attached hydrogens (tertiary/aromatic N) is 1. The van der Waals surface area contributed by atoms with Gasteiger partial charge in [-0.2, -0.15) is 0 Å². The van der Waals surface area contributed by atoms with Crippen LogP contribution in [-0.4, -0.2) is 36.5 Å². The highest BCUT2D eigenvalue weighted by Gasteiger charge is 2.23. The molecule has 1 unspecified atom stereocenters. The number of hydrogen-bond donors (Lipinski definition) is 1. The molecule has 92 valence electrons. The quantitative estimate of drug-likeness (QED) is 0.669. The van der Waals surface area contributed by atoms with Crippen LogP contribution in [0.3, 0.4) is 0 Å². The normalized spacial score (nSPS) is 22.8. The molecule has 16 heavy (non-hydrogen) atoms. The van der Waals surface area contributed by atoms with Crippen LogP contribution >= 0.6 is 0 Å². The summed E-state index contributed by atoms with van der Waals surface area (Å²) in [5.74, 6) is 1.36. The summed E-state index contributed by atoms with van der Waals surface area (Å²) >= 11 is 0. The molecule has 1 saturated carbocycles. The minimum atomic E-state index is 0.353. The summed E-state index contributed by atoms with van der Waals surface area (Å²) in [7, 11) is 0. The van der Waals surface area contributed by atoms with Crippen LogP contribution in [0.15, 0.2) is 0 Å². The van der Waals surface area contributed by atoms with Crippen LogP contribution in [0.5, 0.6) is 0 Å². The largest absolute Gasteiger partial charge is 0.343 e. The maximum atomic E-state index is 11.4. The lowest BCUT2D eigenvalue weighted by Gasteiger charge is -2.17. The van der Waals surface area contributed by atoms with Crippen molar-refractivity contribution in [3.8, 4) is 0 Å². The van der Waals surface area contributed by atoms with Gasteiger partial charge in [0.1, 0.15) is 0 Å². The third-order valence-corrected chi connectivity index (χ3v) is 3.65. The molecule has 2 aliphatic rings. The lowest BCUT2D eigenvalue weighted by atomic mass is 10.1. The van der Waals surface area contributed by atoms with E-state index in [1.54, 1.807) is 0 Å². The van der Waals surface area contributed by atoms with Gasteiger partial charge in [-0.05, 0) is 38.6 Å². The van der Waals surface area contributed by atoms with Gasteiger partial charge in [0.25, 0.3) is 0 Å². The molecule has 0 spiro atoms. The highest BCUT2D eigenvalue weighted by Crippen LogP contribution is 2.33. The Labute approximate surface area is 98.6 Å². The maximum Gasteiger partial charge on any atom is 0.222 e. The lowest BCUT2D eigenvalue weighted by Crippen LogP contribution is -2.31. The van der Waals surface area contributed by atoms with Crippen LogP contribution in [0.25, 0.3) is 0 Å². The van der Waals surface area contributed by atoms with Gasteiger partial charge in [-0.15, -0.1) is 0 Å². The van der Waals surface area contributed by atoms with E-state index in [0.717, 1.165) is 44.8 Å². The molecule has 2 fully saturated rings. The molecular formula is C13H24N2O. The van der Waals surface area contributed by atoms with Crippen LogP contribution in [0.2, 0.25) is 0 Å². The second kappa shape index (κ2) is 5.67. The number of likely N-dealkylation sites (tertiary alicyclic amines) is 1. The molecule has 1 aliphatic carbocycles. The molecule has 2 rings (SSSR count). The van der Waals surface area contributed by atoms with Crippen molar-refractivity contribution in [3.05, 3.63) is 0 Å². The number of carbonyl (C=O) groups excluding carboxylic acids is 1. The Balaban J connectivity index is 1.49. The second-order valence-electron chi connectivity index (χ2n) is 5.37. The summed E-state index contributed by atoms with van der Waals surface area (Å²) in [5.41, 5.74) is 0. The van der Waals surface area contributed by atoms with Crippen LogP contribution < -0.4 is 5.32 Å². The van der Waals surface area contributed by atoms with Gasteiger partial charge in [-0.3, -0.25) is 4.79 Å². The molecule has 1 N–H and O–H groups in total. The molecule has 1 amide bonds. The Morgan fingerprint density at radius 2 is 2.31 bits per heavy atom. The van der Waals surface area contributed by atoms with Gasteiger partial charge in [-0.25, -0.2) is 0 Å². The van der Waals surface area contributed by atoms with Gasteiger partial charge in [0.05, 0.1) is 0 Å². The molecule has 0 aromatic rings.